The van der Waals surface area contributed by atoms with E-state index < -0.39 is 0 Å². The van der Waals surface area contributed by atoms with Crippen LogP contribution in [-0.2, 0) is 0 Å². The Hall–Kier alpha value is -2.33. The lowest BCUT2D eigenvalue weighted by atomic mass is 10.0. The van der Waals surface area contributed by atoms with Crippen molar-refractivity contribution in [2.24, 2.45) is 11.8 Å². The number of pyridine rings is 1. The summed E-state index contributed by atoms with van der Waals surface area (Å²) >= 11 is 0. The second-order valence-corrected chi connectivity index (χ2v) is 7.29. The van der Waals surface area contributed by atoms with Crippen LogP contribution in [0.25, 0.3) is 22.2 Å². The van der Waals surface area contributed by atoms with Crippen LogP contribution in [0.2, 0.25) is 0 Å². The zero-order valence-corrected chi connectivity index (χ0v) is 13.9. The minimum absolute atomic E-state index is 0.822. The Morgan fingerprint density at radius 1 is 1.00 bits per heavy atom. The van der Waals surface area contributed by atoms with Crippen LogP contribution in [0.15, 0.2) is 48.8 Å². The molecule has 0 radical (unpaired) electrons. The summed E-state index contributed by atoms with van der Waals surface area (Å²) in [5.41, 5.74) is 4.66. The van der Waals surface area contributed by atoms with Gasteiger partial charge in [-0.2, -0.15) is 0 Å². The predicted octanol–water partition coefficient (Wildman–Crippen LogP) is 3.23. The zero-order chi connectivity index (χ0) is 16.1. The van der Waals surface area contributed by atoms with E-state index in [4.69, 9.17) is 4.98 Å². The normalized spacial score (nSPS) is 24.0. The smallest absolute Gasteiger partial charge is 0.0710 e. The third kappa shape index (κ3) is 2.21. The van der Waals surface area contributed by atoms with E-state index in [2.05, 4.69) is 58.2 Å². The number of aromatic nitrogens is 2. The van der Waals surface area contributed by atoms with Gasteiger partial charge in [0.2, 0.25) is 0 Å². The van der Waals surface area contributed by atoms with Crippen LogP contribution in [0.4, 0.5) is 5.69 Å². The third-order valence-electron chi connectivity index (χ3n) is 5.65. The molecule has 2 aliphatic rings. The number of hydrogen-bond donors (Lipinski definition) is 1. The summed E-state index contributed by atoms with van der Waals surface area (Å²) in [7, 11) is 2.24. The maximum atomic E-state index is 4.77. The van der Waals surface area contributed by atoms with E-state index >= 15 is 0 Å². The number of fused-ring (bicyclic) bond motifs is 2. The summed E-state index contributed by atoms with van der Waals surface area (Å²) in [6.45, 7) is 4.82. The number of likely N-dealkylation sites (tertiary alicyclic amines) is 1. The average Bonchev–Trinajstić information content (AvgIpc) is 3.28. The molecule has 2 saturated heterocycles. The molecule has 0 amide bonds. The fraction of sp³-hybridized carbons (Fsp3) is 0.350. The minimum Gasteiger partial charge on any atom is -0.370 e. The Balaban J connectivity index is 1.41. The molecular weight excluding hydrogens is 296 g/mol. The fourth-order valence-electron chi connectivity index (χ4n) is 4.48. The number of benzene rings is 1. The first-order valence-corrected chi connectivity index (χ1v) is 8.74. The van der Waals surface area contributed by atoms with Crippen molar-refractivity contribution in [2.45, 2.75) is 0 Å². The zero-order valence-electron chi connectivity index (χ0n) is 13.9. The van der Waals surface area contributed by atoms with Gasteiger partial charge in [0.25, 0.3) is 0 Å². The molecular formula is C20H22N4. The predicted molar refractivity (Wildman–Crippen MR) is 98.2 cm³/mol. The highest BCUT2D eigenvalue weighted by molar-refractivity contribution is 5.94. The van der Waals surface area contributed by atoms with E-state index in [1.54, 1.807) is 0 Å². The molecule has 1 aromatic carbocycles. The molecule has 0 spiro atoms. The van der Waals surface area contributed by atoms with Crippen LogP contribution in [0.5, 0.6) is 0 Å². The van der Waals surface area contributed by atoms with Gasteiger partial charge in [-0.3, -0.25) is 4.98 Å². The van der Waals surface area contributed by atoms with Crippen LogP contribution in [-0.4, -0.2) is 48.1 Å². The molecule has 122 valence electrons. The summed E-state index contributed by atoms with van der Waals surface area (Å²) in [4.78, 5) is 13.0. The van der Waals surface area contributed by atoms with Crippen LogP contribution in [0, 0.1) is 11.8 Å². The number of nitrogens with one attached hydrogen (secondary N) is 1. The van der Waals surface area contributed by atoms with Crippen LogP contribution in [0.1, 0.15) is 0 Å². The lowest BCUT2D eigenvalue weighted by Gasteiger charge is -2.21. The average molecular weight is 318 g/mol. The largest absolute Gasteiger partial charge is 0.370 e. The van der Waals surface area contributed by atoms with Crippen LogP contribution < -0.4 is 4.90 Å². The molecule has 5 rings (SSSR count). The van der Waals surface area contributed by atoms with Gasteiger partial charge in [0.15, 0.2) is 0 Å². The highest BCUT2D eigenvalue weighted by atomic mass is 15.2. The molecule has 2 aromatic heterocycles. The van der Waals surface area contributed by atoms with E-state index in [-0.39, 0.29) is 0 Å². The lowest BCUT2D eigenvalue weighted by molar-refractivity contribution is 0.387. The second-order valence-electron chi connectivity index (χ2n) is 7.29. The topological polar surface area (TPSA) is 35.2 Å². The molecule has 4 heterocycles. The molecule has 2 atom stereocenters. The highest BCUT2D eigenvalue weighted by Crippen LogP contribution is 2.34. The van der Waals surface area contributed by atoms with Gasteiger partial charge < -0.3 is 14.8 Å². The van der Waals surface area contributed by atoms with Gasteiger partial charge >= 0.3 is 0 Å². The molecule has 2 unspecified atom stereocenters. The maximum Gasteiger partial charge on any atom is 0.0710 e. The molecule has 0 saturated carbocycles. The number of nitrogens with zero attached hydrogens (tertiary/aromatic N) is 3. The van der Waals surface area contributed by atoms with Crippen molar-refractivity contribution in [2.75, 3.05) is 38.1 Å². The summed E-state index contributed by atoms with van der Waals surface area (Å²) in [5, 5.41) is 1.23. The maximum absolute atomic E-state index is 4.77. The number of anilines is 1. The highest BCUT2D eigenvalue weighted by Gasteiger charge is 2.38. The molecule has 4 nitrogen and oxygen atoms in total. The first-order chi connectivity index (χ1) is 11.8. The number of rotatable bonds is 2. The molecule has 0 aliphatic carbocycles. The van der Waals surface area contributed by atoms with Gasteiger partial charge in [0.05, 0.1) is 17.6 Å². The molecule has 3 aromatic rings. The van der Waals surface area contributed by atoms with Gasteiger partial charge in [-0.25, -0.2) is 0 Å². The molecule has 0 bridgehead atoms. The van der Waals surface area contributed by atoms with E-state index in [0.717, 1.165) is 23.0 Å². The second kappa shape index (κ2) is 5.35. The minimum atomic E-state index is 0.822. The molecule has 1 N–H and O–H groups in total. The Labute approximate surface area is 142 Å². The van der Waals surface area contributed by atoms with Gasteiger partial charge in [-0.05, 0) is 43.1 Å². The van der Waals surface area contributed by atoms with E-state index in [0.29, 0.717) is 0 Å². The van der Waals surface area contributed by atoms with Crippen LogP contribution >= 0.6 is 0 Å². The van der Waals surface area contributed by atoms with Crippen molar-refractivity contribution in [3.05, 3.63) is 48.8 Å². The van der Waals surface area contributed by atoms with Crippen molar-refractivity contribution >= 4 is 16.6 Å². The summed E-state index contributed by atoms with van der Waals surface area (Å²) in [6.07, 6.45) is 4.04. The first-order valence-electron chi connectivity index (χ1n) is 8.74. The van der Waals surface area contributed by atoms with Crippen molar-refractivity contribution in [3.63, 3.8) is 0 Å². The molecule has 2 fully saturated rings. The first kappa shape index (κ1) is 14.1. The molecule has 24 heavy (non-hydrogen) atoms. The Kier molecular flexibility index (Phi) is 3.13. The van der Waals surface area contributed by atoms with E-state index in [1.165, 1.54) is 42.8 Å². The monoisotopic (exact) mass is 318 g/mol. The summed E-state index contributed by atoms with van der Waals surface area (Å²) < 4.78 is 0. The number of hydrogen-bond acceptors (Lipinski definition) is 3. The van der Waals surface area contributed by atoms with E-state index in [1.807, 2.05) is 12.4 Å². The van der Waals surface area contributed by atoms with Gasteiger partial charge in [0, 0.05) is 48.8 Å². The van der Waals surface area contributed by atoms with Crippen molar-refractivity contribution < 1.29 is 0 Å². The molecule has 4 heteroatoms. The van der Waals surface area contributed by atoms with Crippen molar-refractivity contribution in [1.29, 1.82) is 0 Å². The van der Waals surface area contributed by atoms with Gasteiger partial charge in [-0.15, -0.1) is 0 Å². The lowest BCUT2D eigenvalue weighted by Crippen LogP contribution is -2.26. The summed E-state index contributed by atoms with van der Waals surface area (Å²) in [5.74, 6) is 1.64. The van der Waals surface area contributed by atoms with Crippen molar-refractivity contribution in [3.8, 4) is 11.3 Å². The van der Waals surface area contributed by atoms with Gasteiger partial charge in [0.1, 0.15) is 0 Å². The van der Waals surface area contributed by atoms with E-state index in [9.17, 15) is 0 Å². The Morgan fingerprint density at radius 2 is 1.83 bits per heavy atom. The Morgan fingerprint density at radius 3 is 2.58 bits per heavy atom. The van der Waals surface area contributed by atoms with Crippen LogP contribution in [0.3, 0.4) is 0 Å². The van der Waals surface area contributed by atoms with Gasteiger partial charge in [-0.1, -0.05) is 12.1 Å². The Bertz CT molecular complexity index is 853. The fourth-order valence-corrected chi connectivity index (χ4v) is 4.48. The quantitative estimate of drug-likeness (QED) is 0.788. The van der Waals surface area contributed by atoms with Crippen molar-refractivity contribution in [1.82, 2.24) is 14.9 Å². The number of H-pyrrole nitrogens is 1. The number of aromatic amines is 1. The standard InChI is InChI=1S/C20H22N4/c1-23-10-14-12-24(13-15(14)11-23)16-5-6-20(22-9-16)17-3-2-4-19-18(17)7-8-21-19/h2-9,14-15,21H,10-13H2,1H3. The summed E-state index contributed by atoms with van der Waals surface area (Å²) in [6, 6.07) is 12.9. The third-order valence-corrected chi connectivity index (χ3v) is 5.65. The SMILES string of the molecule is CN1CC2CN(c3ccc(-c4cccc5[nH]ccc45)nc3)CC2C1. The molecule has 2 aliphatic heterocycles.